The molecule has 0 aromatic heterocycles. The largest absolute Gasteiger partial charge is 0.378 e. The number of carbonyl (C=O) groups excluding carboxylic acids is 1. The predicted octanol–water partition coefficient (Wildman–Crippen LogP) is 4.71. The molecule has 0 heterocycles. The van der Waals surface area contributed by atoms with Crippen LogP contribution >= 0.6 is 0 Å². The van der Waals surface area contributed by atoms with Gasteiger partial charge in [0, 0.05) is 30.9 Å². The smallest absolute Gasteiger partial charge is 0.189 e. The number of rotatable bonds is 6. The molecule has 0 atom stereocenters. The molecule has 0 saturated carbocycles. The third-order valence-corrected chi connectivity index (χ3v) is 3.78. The minimum atomic E-state index is -0.0686. The highest BCUT2D eigenvalue weighted by atomic mass is 16.1. The summed E-state index contributed by atoms with van der Waals surface area (Å²) < 4.78 is 0. The molecule has 0 amide bonds. The molecule has 20 heavy (non-hydrogen) atoms. The van der Waals surface area contributed by atoms with Gasteiger partial charge < -0.3 is 4.90 Å². The van der Waals surface area contributed by atoms with E-state index in [2.05, 4.69) is 20.8 Å². The molecule has 0 aliphatic rings. The molecule has 1 rings (SSSR count). The Morgan fingerprint density at radius 1 is 1.20 bits per heavy atom. The van der Waals surface area contributed by atoms with Crippen molar-refractivity contribution in [3.8, 4) is 0 Å². The quantitative estimate of drug-likeness (QED) is 0.552. The number of ketones is 1. The average molecular weight is 273 g/mol. The van der Waals surface area contributed by atoms with Crippen molar-refractivity contribution in [3.63, 3.8) is 0 Å². The summed E-state index contributed by atoms with van der Waals surface area (Å²) in [4.78, 5) is 14.7. The Balaban J connectivity index is 3.03. The van der Waals surface area contributed by atoms with Crippen molar-refractivity contribution in [1.29, 1.82) is 0 Å². The van der Waals surface area contributed by atoms with E-state index in [1.807, 2.05) is 56.3 Å². The van der Waals surface area contributed by atoms with E-state index in [1.54, 1.807) is 0 Å². The first-order chi connectivity index (χ1) is 9.33. The average Bonchev–Trinajstić information content (AvgIpc) is 2.39. The minimum Gasteiger partial charge on any atom is -0.378 e. The van der Waals surface area contributed by atoms with E-state index < -0.39 is 0 Å². The zero-order chi connectivity index (χ0) is 15.3. The molecule has 110 valence electrons. The molecule has 0 spiro atoms. The number of Topliss-reactive ketones (excluding diaryl/α,β-unsaturated/α-hetero) is 1. The fourth-order valence-electron chi connectivity index (χ4n) is 2.66. The lowest BCUT2D eigenvalue weighted by atomic mass is 9.77. The third kappa shape index (κ3) is 3.72. The summed E-state index contributed by atoms with van der Waals surface area (Å²) in [5.41, 5.74) is 2.72. The summed E-state index contributed by atoms with van der Waals surface area (Å²) >= 11 is 0. The van der Waals surface area contributed by atoms with Crippen LogP contribution in [-0.2, 0) is 0 Å². The second kappa shape index (κ2) is 6.74. The van der Waals surface area contributed by atoms with Crippen LogP contribution in [0.4, 0.5) is 5.69 Å². The fourth-order valence-corrected chi connectivity index (χ4v) is 2.66. The van der Waals surface area contributed by atoms with Crippen LogP contribution in [0.3, 0.4) is 0 Å². The van der Waals surface area contributed by atoms with Crippen molar-refractivity contribution in [2.45, 2.75) is 40.5 Å². The van der Waals surface area contributed by atoms with Crippen LogP contribution in [0.1, 0.15) is 50.9 Å². The summed E-state index contributed by atoms with van der Waals surface area (Å²) in [6.45, 7) is 8.42. The third-order valence-electron chi connectivity index (χ3n) is 3.78. The van der Waals surface area contributed by atoms with Crippen LogP contribution in [0.5, 0.6) is 0 Å². The van der Waals surface area contributed by atoms with Crippen LogP contribution in [0.25, 0.3) is 0 Å². The maximum atomic E-state index is 12.7. The van der Waals surface area contributed by atoms with Crippen molar-refractivity contribution in [2.24, 2.45) is 5.41 Å². The van der Waals surface area contributed by atoms with E-state index in [1.165, 1.54) is 0 Å². The van der Waals surface area contributed by atoms with Gasteiger partial charge in [0.1, 0.15) is 0 Å². The zero-order valence-corrected chi connectivity index (χ0v) is 13.7. The van der Waals surface area contributed by atoms with Gasteiger partial charge in [0.05, 0.1) is 0 Å². The maximum absolute atomic E-state index is 12.7. The lowest BCUT2D eigenvalue weighted by molar-refractivity contribution is 0.100. The van der Waals surface area contributed by atoms with Gasteiger partial charge in [0.25, 0.3) is 0 Å². The van der Waals surface area contributed by atoms with E-state index >= 15 is 0 Å². The van der Waals surface area contributed by atoms with Crippen molar-refractivity contribution >= 4 is 11.5 Å². The highest BCUT2D eigenvalue weighted by Crippen LogP contribution is 2.34. The molecular formula is C18H27NO. The molecule has 0 unspecified atom stereocenters. The minimum absolute atomic E-state index is 0.0686. The zero-order valence-electron chi connectivity index (χ0n) is 13.7. The molecule has 0 saturated heterocycles. The second-order valence-corrected chi connectivity index (χ2v) is 6.11. The van der Waals surface area contributed by atoms with Crippen LogP contribution in [0.2, 0.25) is 0 Å². The van der Waals surface area contributed by atoms with Crippen molar-refractivity contribution in [3.05, 3.63) is 41.5 Å². The summed E-state index contributed by atoms with van der Waals surface area (Å²) in [5, 5.41) is 0. The van der Waals surface area contributed by atoms with Gasteiger partial charge in [0.2, 0.25) is 0 Å². The standard InChI is InChI=1S/C18H27NO/c1-7-13-18(3,4)16(8-2)17(20)14-9-11-15(12-10-14)19(5)6/h8-12H,7,13H2,1-6H3/b16-8-. The highest BCUT2D eigenvalue weighted by molar-refractivity contribution is 6.09. The van der Waals surface area contributed by atoms with Crippen LogP contribution in [-0.4, -0.2) is 19.9 Å². The van der Waals surface area contributed by atoms with Crippen LogP contribution in [0, 0.1) is 5.41 Å². The first kappa shape index (κ1) is 16.5. The Labute approximate surface area is 123 Å². The van der Waals surface area contributed by atoms with Gasteiger partial charge >= 0.3 is 0 Å². The fraction of sp³-hybridized carbons (Fsp3) is 0.500. The number of nitrogens with zero attached hydrogens (tertiary/aromatic N) is 1. The van der Waals surface area contributed by atoms with Crippen molar-refractivity contribution < 1.29 is 4.79 Å². The first-order valence-corrected chi connectivity index (χ1v) is 7.32. The predicted molar refractivity (Wildman–Crippen MR) is 87.5 cm³/mol. The number of anilines is 1. The number of hydrogen-bond acceptors (Lipinski definition) is 2. The van der Waals surface area contributed by atoms with Gasteiger partial charge in [-0.2, -0.15) is 0 Å². The van der Waals surface area contributed by atoms with E-state index in [9.17, 15) is 4.79 Å². The molecule has 0 N–H and O–H groups in total. The Bertz CT molecular complexity index is 481. The Morgan fingerprint density at radius 2 is 1.75 bits per heavy atom. The molecular weight excluding hydrogens is 246 g/mol. The Hall–Kier alpha value is -1.57. The molecule has 0 aliphatic heterocycles. The molecule has 1 aromatic carbocycles. The molecule has 0 fully saturated rings. The second-order valence-electron chi connectivity index (χ2n) is 6.11. The molecule has 2 nitrogen and oxygen atoms in total. The SMILES string of the molecule is C/C=C(/C(=O)c1ccc(N(C)C)cc1)C(C)(C)CCC. The van der Waals surface area contributed by atoms with Gasteiger partial charge in [-0.25, -0.2) is 0 Å². The topological polar surface area (TPSA) is 20.3 Å². The maximum Gasteiger partial charge on any atom is 0.189 e. The number of hydrogen-bond donors (Lipinski definition) is 0. The van der Waals surface area contributed by atoms with Crippen molar-refractivity contribution in [2.75, 3.05) is 19.0 Å². The molecule has 0 radical (unpaired) electrons. The first-order valence-electron chi connectivity index (χ1n) is 7.32. The molecule has 1 aromatic rings. The molecule has 0 bridgehead atoms. The summed E-state index contributed by atoms with van der Waals surface area (Å²) in [7, 11) is 4.00. The summed E-state index contributed by atoms with van der Waals surface area (Å²) in [6, 6.07) is 7.83. The van der Waals surface area contributed by atoms with Gasteiger partial charge in [-0.15, -0.1) is 0 Å². The number of allylic oxidation sites excluding steroid dienone is 2. The van der Waals surface area contributed by atoms with Crippen LogP contribution in [0.15, 0.2) is 35.9 Å². The lowest BCUT2D eigenvalue weighted by Crippen LogP contribution is -2.21. The van der Waals surface area contributed by atoms with E-state index in [0.29, 0.717) is 0 Å². The van der Waals surface area contributed by atoms with Crippen LogP contribution < -0.4 is 4.90 Å². The monoisotopic (exact) mass is 273 g/mol. The van der Waals surface area contributed by atoms with E-state index in [-0.39, 0.29) is 11.2 Å². The summed E-state index contributed by atoms with van der Waals surface area (Å²) in [5.74, 6) is 0.149. The Morgan fingerprint density at radius 3 is 2.15 bits per heavy atom. The number of carbonyl (C=O) groups is 1. The van der Waals surface area contributed by atoms with Gasteiger partial charge in [-0.3, -0.25) is 4.79 Å². The van der Waals surface area contributed by atoms with Crippen molar-refractivity contribution in [1.82, 2.24) is 0 Å². The van der Waals surface area contributed by atoms with Gasteiger partial charge in [0.15, 0.2) is 5.78 Å². The van der Waals surface area contributed by atoms with Gasteiger partial charge in [-0.1, -0.05) is 33.3 Å². The normalized spacial score (nSPS) is 12.4. The summed E-state index contributed by atoms with van der Waals surface area (Å²) in [6.07, 6.45) is 4.07. The molecule has 2 heteroatoms. The Kier molecular flexibility index (Phi) is 5.55. The lowest BCUT2D eigenvalue weighted by Gasteiger charge is -2.27. The molecule has 0 aliphatic carbocycles. The highest BCUT2D eigenvalue weighted by Gasteiger charge is 2.27. The van der Waals surface area contributed by atoms with E-state index in [4.69, 9.17) is 0 Å². The number of benzene rings is 1. The van der Waals surface area contributed by atoms with Gasteiger partial charge in [-0.05, 0) is 43.0 Å². The van der Waals surface area contributed by atoms with E-state index in [0.717, 1.165) is 29.7 Å².